The van der Waals surface area contributed by atoms with Gasteiger partial charge in [0.1, 0.15) is 0 Å². The first-order valence-electron chi connectivity index (χ1n) is 9.96. The average Bonchev–Trinajstić information content (AvgIpc) is 3.04. The highest BCUT2D eigenvalue weighted by Crippen LogP contribution is 2.29. The van der Waals surface area contributed by atoms with Crippen molar-refractivity contribution in [2.75, 3.05) is 11.9 Å². The molecule has 0 spiro atoms. The number of nitrogens with zero attached hydrogens (tertiary/aromatic N) is 1. The van der Waals surface area contributed by atoms with Crippen molar-refractivity contribution in [2.24, 2.45) is 5.92 Å². The van der Waals surface area contributed by atoms with Gasteiger partial charge in [0.25, 0.3) is 5.91 Å². The molecule has 1 aliphatic carbocycles. The molecule has 2 fully saturated rings. The summed E-state index contributed by atoms with van der Waals surface area (Å²) in [6.45, 7) is 4.27. The molecule has 1 aliphatic heterocycles. The van der Waals surface area contributed by atoms with E-state index < -0.39 is 0 Å². The second-order valence-electron chi connectivity index (χ2n) is 7.90. The summed E-state index contributed by atoms with van der Waals surface area (Å²) >= 11 is 0. The van der Waals surface area contributed by atoms with E-state index in [1.165, 1.54) is 6.42 Å². The smallest absolute Gasteiger partial charge is 0.253 e. The van der Waals surface area contributed by atoms with Gasteiger partial charge in [0.15, 0.2) is 0 Å². The van der Waals surface area contributed by atoms with Gasteiger partial charge in [-0.1, -0.05) is 31.4 Å². The molecule has 6 nitrogen and oxygen atoms in total. The number of nitrogens with one attached hydrogen (secondary N) is 2. The van der Waals surface area contributed by atoms with Crippen molar-refractivity contribution in [1.82, 2.24) is 10.2 Å². The second kappa shape index (κ2) is 8.55. The van der Waals surface area contributed by atoms with Crippen LogP contribution in [0.25, 0.3) is 0 Å². The summed E-state index contributed by atoms with van der Waals surface area (Å²) in [5.41, 5.74) is 0.928. The Morgan fingerprint density at radius 1 is 1.11 bits per heavy atom. The Labute approximate surface area is 160 Å². The van der Waals surface area contributed by atoms with E-state index in [1.54, 1.807) is 24.3 Å². The number of carbonyl (C=O) groups excluding carboxylic acids is 3. The molecule has 27 heavy (non-hydrogen) atoms. The highest BCUT2D eigenvalue weighted by atomic mass is 16.2. The topological polar surface area (TPSA) is 78.5 Å². The van der Waals surface area contributed by atoms with Crippen LogP contribution in [-0.2, 0) is 9.59 Å². The molecular formula is C21H29N3O3. The Hall–Kier alpha value is -2.37. The largest absolute Gasteiger partial charge is 0.350 e. The number of hydrogen-bond acceptors (Lipinski definition) is 3. The summed E-state index contributed by atoms with van der Waals surface area (Å²) < 4.78 is 0. The molecule has 3 amide bonds. The maximum Gasteiger partial charge on any atom is 0.253 e. The fraction of sp³-hybridized carbons (Fsp3) is 0.571. The van der Waals surface area contributed by atoms with Crippen LogP contribution in [0.1, 0.15) is 62.7 Å². The van der Waals surface area contributed by atoms with Gasteiger partial charge in [-0.3, -0.25) is 14.4 Å². The number of hydrogen-bond donors (Lipinski definition) is 2. The molecule has 146 valence electrons. The highest BCUT2D eigenvalue weighted by Gasteiger charge is 2.38. The monoisotopic (exact) mass is 371 g/mol. The Bertz CT molecular complexity index is 710. The average molecular weight is 371 g/mol. The van der Waals surface area contributed by atoms with Gasteiger partial charge in [0.05, 0.1) is 17.2 Å². The van der Waals surface area contributed by atoms with Gasteiger partial charge in [-0.05, 0) is 38.8 Å². The minimum Gasteiger partial charge on any atom is -0.350 e. The summed E-state index contributed by atoms with van der Waals surface area (Å²) in [6.07, 6.45) is 5.88. The van der Waals surface area contributed by atoms with Gasteiger partial charge in [-0.2, -0.15) is 0 Å². The molecule has 2 N–H and O–H groups in total. The Morgan fingerprint density at radius 2 is 1.81 bits per heavy atom. The summed E-state index contributed by atoms with van der Waals surface area (Å²) in [5, 5.41) is 5.72. The zero-order valence-electron chi connectivity index (χ0n) is 16.2. The fourth-order valence-electron chi connectivity index (χ4n) is 4.02. The molecule has 2 aliphatic rings. The molecule has 3 rings (SSSR count). The van der Waals surface area contributed by atoms with Gasteiger partial charge >= 0.3 is 0 Å². The summed E-state index contributed by atoms with van der Waals surface area (Å²) in [5.74, 6) is -0.688. The Balaban J connectivity index is 1.66. The van der Waals surface area contributed by atoms with Crippen LogP contribution in [0.3, 0.4) is 0 Å². The molecule has 1 aromatic carbocycles. The van der Waals surface area contributed by atoms with Crippen LogP contribution in [0.15, 0.2) is 24.3 Å². The zero-order chi connectivity index (χ0) is 19.4. The molecule has 1 saturated carbocycles. The number of carbonyl (C=O) groups is 3. The fourth-order valence-corrected chi connectivity index (χ4v) is 4.02. The Morgan fingerprint density at radius 3 is 2.52 bits per heavy atom. The lowest BCUT2D eigenvalue weighted by Gasteiger charge is -2.31. The lowest BCUT2D eigenvalue weighted by atomic mass is 9.94. The van der Waals surface area contributed by atoms with Crippen LogP contribution in [-0.4, -0.2) is 41.2 Å². The predicted molar refractivity (Wildman–Crippen MR) is 104 cm³/mol. The van der Waals surface area contributed by atoms with Crippen LogP contribution < -0.4 is 10.6 Å². The van der Waals surface area contributed by atoms with Crippen molar-refractivity contribution in [3.05, 3.63) is 29.8 Å². The van der Waals surface area contributed by atoms with E-state index in [0.717, 1.165) is 25.7 Å². The normalized spacial score (nSPS) is 20.8. The van der Waals surface area contributed by atoms with Crippen LogP contribution in [0.5, 0.6) is 0 Å². The molecule has 0 bridgehead atoms. The lowest BCUT2D eigenvalue weighted by molar-refractivity contribution is -0.130. The van der Waals surface area contributed by atoms with E-state index in [2.05, 4.69) is 10.6 Å². The van der Waals surface area contributed by atoms with Crippen LogP contribution >= 0.6 is 0 Å². The van der Waals surface area contributed by atoms with E-state index >= 15 is 0 Å². The molecule has 0 radical (unpaired) electrons. The van der Waals surface area contributed by atoms with Crippen LogP contribution in [0, 0.1) is 5.92 Å². The van der Waals surface area contributed by atoms with Gasteiger partial charge in [-0.15, -0.1) is 0 Å². The highest BCUT2D eigenvalue weighted by molar-refractivity contribution is 6.05. The predicted octanol–water partition coefficient (Wildman–Crippen LogP) is 2.94. The molecule has 6 heteroatoms. The third-order valence-electron chi connectivity index (χ3n) is 5.39. The zero-order valence-corrected chi connectivity index (χ0v) is 16.2. The molecule has 1 aromatic rings. The number of para-hydroxylation sites is 1. The standard InChI is InChI=1S/C21H29N3O3/c1-14(2)22-21(27)17-10-6-7-11-18(17)23-20(26)15-12-19(25)24(13-15)16-8-4-3-5-9-16/h6-7,10-11,14-16H,3-5,8-9,12-13H2,1-2H3,(H,22,27)(H,23,26)/t15-/m1/s1. The van der Waals surface area contributed by atoms with E-state index in [-0.39, 0.29) is 42.1 Å². The number of benzene rings is 1. The Kier molecular flexibility index (Phi) is 6.14. The third kappa shape index (κ3) is 4.67. The number of rotatable bonds is 5. The van der Waals surface area contributed by atoms with Gasteiger partial charge in [0.2, 0.25) is 11.8 Å². The maximum atomic E-state index is 12.8. The van der Waals surface area contributed by atoms with Crippen molar-refractivity contribution in [3.63, 3.8) is 0 Å². The first-order valence-corrected chi connectivity index (χ1v) is 9.96. The molecule has 1 atom stereocenters. The van der Waals surface area contributed by atoms with Gasteiger partial charge in [-0.25, -0.2) is 0 Å². The summed E-state index contributed by atoms with van der Waals surface area (Å²) in [6, 6.07) is 7.28. The molecular weight excluding hydrogens is 342 g/mol. The quantitative estimate of drug-likeness (QED) is 0.835. The van der Waals surface area contributed by atoms with Crippen LogP contribution in [0.4, 0.5) is 5.69 Å². The first-order chi connectivity index (χ1) is 13.0. The van der Waals surface area contributed by atoms with Crippen molar-refractivity contribution < 1.29 is 14.4 Å². The number of likely N-dealkylation sites (tertiary alicyclic amines) is 1. The molecule has 0 aromatic heterocycles. The number of anilines is 1. The lowest BCUT2D eigenvalue weighted by Crippen LogP contribution is -2.38. The minimum absolute atomic E-state index is 0.0118. The number of amides is 3. The summed E-state index contributed by atoms with van der Waals surface area (Å²) in [7, 11) is 0. The van der Waals surface area contributed by atoms with Gasteiger partial charge < -0.3 is 15.5 Å². The molecule has 1 heterocycles. The van der Waals surface area contributed by atoms with Crippen molar-refractivity contribution >= 4 is 23.4 Å². The van der Waals surface area contributed by atoms with Crippen LogP contribution in [0.2, 0.25) is 0 Å². The van der Waals surface area contributed by atoms with Crippen molar-refractivity contribution in [1.29, 1.82) is 0 Å². The minimum atomic E-state index is -0.361. The second-order valence-corrected chi connectivity index (χ2v) is 7.90. The first kappa shape index (κ1) is 19.4. The van der Waals surface area contributed by atoms with E-state index in [4.69, 9.17) is 0 Å². The van der Waals surface area contributed by atoms with E-state index in [9.17, 15) is 14.4 Å². The van der Waals surface area contributed by atoms with E-state index in [0.29, 0.717) is 17.8 Å². The summed E-state index contributed by atoms with van der Waals surface area (Å²) in [4.78, 5) is 39.5. The SMILES string of the molecule is CC(C)NC(=O)c1ccccc1NC(=O)[C@@H]1CC(=O)N(C2CCCCC2)C1. The van der Waals surface area contributed by atoms with Crippen molar-refractivity contribution in [2.45, 2.75) is 64.5 Å². The maximum absolute atomic E-state index is 12.8. The van der Waals surface area contributed by atoms with Gasteiger partial charge in [0, 0.05) is 25.0 Å². The third-order valence-corrected chi connectivity index (χ3v) is 5.39. The van der Waals surface area contributed by atoms with Crippen molar-refractivity contribution in [3.8, 4) is 0 Å². The van der Waals surface area contributed by atoms with E-state index in [1.807, 2.05) is 18.7 Å². The molecule has 0 unspecified atom stereocenters. The molecule has 1 saturated heterocycles.